The molecule has 9 heteroatoms. The van der Waals surface area contributed by atoms with Gasteiger partial charge in [0.15, 0.2) is 6.61 Å². The Morgan fingerprint density at radius 2 is 1.81 bits per heavy atom. The number of aryl methyl sites for hydroxylation is 1. The Balaban J connectivity index is 1.96. The van der Waals surface area contributed by atoms with Crippen molar-refractivity contribution in [1.82, 2.24) is 10.6 Å². The molecule has 172 valence electrons. The van der Waals surface area contributed by atoms with Crippen LogP contribution in [0.4, 0.5) is 0 Å². The van der Waals surface area contributed by atoms with Crippen molar-refractivity contribution < 1.29 is 19.1 Å². The van der Waals surface area contributed by atoms with E-state index in [1.807, 2.05) is 44.4 Å². The van der Waals surface area contributed by atoms with Gasteiger partial charge in [-0.2, -0.15) is 11.8 Å². The van der Waals surface area contributed by atoms with Crippen molar-refractivity contribution in [3.63, 3.8) is 0 Å². The average molecular weight is 497 g/mol. The van der Waals surface area contributed by atoms with Crippen LogP contribution in [0.3, 0.4) is 0 Å². The molecule has 32 heavy (non-hydrogen) atoms. The second kappa shape index (κ2) is 12.7. The third kappa shape index (κ3) is 7.73. The maximum atomic E-state index is 12.6. The van der Waals surface area contributed by atoms with E-state index < -0.39 is 30.4 Å². The molecular formula is C23H26Cl2N2O4S. The highest BCUT2D eigenvalue weighted by Crippen LogP contribution is 2.21. The molecule has 0 spiro atoms. The van der Waals surface area contributed by atoms with Crippen LogP contribution in [0.15, 0.2) is 42.5 Å². The zero-order valence-corrected chi connectivity index (χ0v) is 20.4. The zero-order valence-electron chi connectivity index (χ0n) is 18.1. The second-order valence-electron chi connectivity index (χ2n) is 7.19. The van der Waals surface area contributed by atoms with Gasteiger partial charge in [-0.15, -0.1) is 0 Å². The van der Waals surface area contributed by atoms with Crippen LogP contribution in [-0.2, 0) is 14.3 Å². The molecule has 0 aromatic heterocycles. The van der Waals surface area contributed by atoms with Crippen LogP contribution >= 0.6 is 35.0 Å². The van der Waals surface area contributed by atoms with Crippen LogP contribution in [0.2, 0.25) is 10.0 Å². The van der Waals surface area contributed by atoms with E-state index in [1.165, 1.54) is 30.0 Å². The summed E-state index contributed by atoms with van der Waals surface area (Å²) in [6.45, 7) is 3.38. The molecular weight excluding hydrogens is 471 g/mol. The Bertz CT molecular complexity index is 971. The summed E-state index contributed by atoms with van der Waals surface area (Å²) < 4.78 is 5.19. The number of thioether (sulfide) groups is 1. The van der Waals surface area contributed by atoms with Crippen LogP contribution in [0.25, 0.3) is 0 Å². The van der Waals surface area contributed by atoms with Crippen LogP contribution < -0.4 is 10.6 Å². The lowest BCUT2D eigenvalue weighted by atomic mass is 10.0. The van der Waals surface area contributed by atoms with Gasteiger partial charge in [0.25, 0.3) is 11.8 Å². The number of hydrogen-bond acceptors (Lipinski definition) is 5. The molecule has 2 atom stereocenters. The first-order valence-electron chi connectivity index (χ1n) is 9.99. The summed E-state index contributed by atoms with van der Waals surface area (Å²) in [5.74, 6) is -1.02. The molecule has 0 fully saturated rings. The van der Waals surface area contributed by atoms with Crippen molar-refractivity contribution in [3.8, 4) is 0 Å². The van der Waals surface area contributed by atoms with E-state index in [2.05, 4.69) is 10.6 Å². The minimum Gasteiger partial charge on any atom is -0.454 e. The number of carbonyl (C=O) groups excluding carboxylic acids is 3. The zero-order chi connectivity index (χ0) is 23.7. The number of rotatable bonds is 10. The number of halogens is 2. The number of hydrogen-bond donors (Lipinski definition) is 2. The van der Waals surface area contributed by atoms with Crippen LogP contribution in [0.5, 0.6) is 0 Å². The first-order valence-corrected chi connectivity index (χ1v) is 12.1. The standard InChI is InChI=1S/C23H26Cl2N2O4S/c1-14-6-4-5-7-17(14)15(2)26-21(28)13-31-23(30)20(10-11-32-3)27-22(29)18-9-8-16(24)12-19(18)25/h4-9,12,15,20H,10-11,13H2,1-3H3,(H,26,28)(H,27,29). The van der Waals surface area contributed by atoms with Gasteiger partial charge in [0.2, 0.25) is 0 Å². The highest BCUT2D eigenvalue weighted by Gasteiger charge is 2.24. The van der Waals surface area contributed by atoms with Crippen molar-refractivity contribution in [2.45, 2.75) is 32.4 Å². The molecule has 0 aliphatic rings. The van der Waals surface area contributed by atoms with Crippen LogP contribution in [0.1, 0.15) is 40.9 Å². The van der Waals surface area contributed by atoms with E-state index in [0.717, 1.165) is 11.1 Å². The highest BCUT2D eigenvalue weighted by atomic mass is 35.5. The molecule has 0 aliphatic heterocycles. The summed E-state index contributed by atoms with van der Waals surface area (Å²) in [6, 6.07) is 11.0. The van der Waals surface area contributed by atoms with Gasteiger partial charge >= 0.3 is 5.97 Å². The molecule has 0 aliphatic carbocycles. The van der Waals surface area contributed by atoms with Gasteiger partial charge in [-0.3, -0.25) is 9.59 Å². The fourth-order valence-electron chi connectivity index (χ4n) is 3.07. The average Bonchev–Trinajstić information content (AvgIpc) is 2.75. The van der Waals surface area contributed by atoms with Crippen molar-refractivity contribution in [2.75, 3.05) is 18.6 Å². The summed E-state index contributed by atoms with van der Waals surface area (Å²) in [6.07, 6.45) is 2.23. The van der Waals surface area contributed by atoms with Gasteiger partial charge in [-0.1, -0.05) is 47.5 Å². The van der Waals surface area contributed by atoms with Gasteiger partial charge in [-0.05, 0) is 61.6 Å². The molecule has 0 radical (unpaired) electrons. The Hall–Kier alpha value is -2.22. The number of benzene rings is 2. The lowest BCUT2D eigenvalue weighted by Gasteiger charge is -2.19. The number of amides is 2. The lowest BCUT2D eigenvalue weighted by Crippen LogP contribution is -2.43. The smallest absolute Gasteiger partial charge is 0.329 e. The minimum atomic E-state index is -0.914. The van der Waals surface area contributed by atoms with E-state index in [4.69, 9.17) is 27.9 Å². The number of ether oxygens (including phenoxy) is 1. The third-order valence-electron chi connectivity index (χ3n) is 4.75. The van der Waals surface area contributed by atoms with Crippen LogP contribution in [0, 0.1) is 6.92 Å². The van der Waals surface area contributed by atoms with Crippen molar-refractivity contribution in [2.24, 2.45) is 0 Å². The molecule has 0 heterocycles. The van der Waals surface area contributed by atoms with E-state index >= 15 is 0 Å². The molecule has 2 unspecified atom stereocenters. The summed E-state index contributed by atoms with van der Waals surface area (Å²) in [5.41, 5.74) is 2.23. The Kier molecular flexibility index (Phi) is 10.4. The van der Waals surface area contributed by atoms with Gasteiger partial charge in [0.05, 0.1) is 16.6 Å². The number of esters is 1. The maximum Gasteiger partial charge on any atom is 0.329 e. The van der Waals surface area contributed by atoms with E-state index in [0.29, 0.717) is 17.2 Å². The molecule has 2 amide bonds. The Morgan fingerprint density at radius 1 is 1.09 bits per heavy atom. The molecule has 2 rings (SSSR count). The molecule has 0 bridgehead atoms. The van der Waals surface area contributed by atoms with Crippen LogP contribution in [-0.4, -0.2) is 42.4 Å². The minimum absolute atomic E-state index is 0.177. The number of carbonyl (C=O) groups is 3. The summed E-state index contributed by atoms with van der Waals surface area (Å²) in [5, 5.41) is 6.03. The number of nitrogens with one attached hydrogen (secondary N) is 2. The summed E-state index contributed by atoms with van der Waals surface area (Å²) in [4.78, 5) is 37.5. The fraction of sp³-hybridized carbons (Fsp3) is 0.348. The largest absolute Gasteiger partial charge is 0.454 e. The van der Waals surface area contributed by atoms with Gasteiger partial charge in [-0.25, -0.2) is 4.79 Å². The van der Waals surface area contributed by atoms with Crippen molar-refractivity contribution >= 4 is 52.7 Å². The Labute approximate surface area is 202 Å². The van der Waals surface area contributed by atoms with Gasteiger partial charge < -0.3 is 15.4 Å². The quantitative estimate of drug-likeness (QED) is 0.470. The maximum absolute atomic E-state index is 12.6. The fourth-order valence-corrected chi connectivity index (χ4v) is 4.03. The van der Waals surface area contributed by atoms with Gasteiger partial charge in [0.1, 0.15) is 6.04 Å². The molecule has 0 saturated carbocycles. The highest BCUT2D eigenvalue weighted by molar-refractivity contribution is 7.98. The van der Waals surface area contributed by atoms with E-state index in [-0.39, 0.29) is 16.6 Å². The second-order valence-corrected chi connectivity index (χ2v) is 9.01. The van der Waals surface area contributed by atoms with Gasteiger partial charge in [0, 0.05) is 5.02 Å². The van der Waals surface area contributed by atoms with E-state index in [9.17, 15) is 14.4 Å². The third-order valence-corrected chi connectivity index (χ3v) is 5.95. The van der Waals surface area contributed by atoms with Crippen molar-refractivity contribution in [1.29, 1.82) is 0 Å². The summed E-state index contributed by atoms with van der Waals surface area (Å²) >= 11 is 13.5. The van der Waals surface area contributed by atoms with Crippen molar-refractivity contribution in [3.05, 3.63) is 69.2 Å². The predicted octanol–water partition coefficient (Wildman–Crippen LogP) is 4.57. The van der Waals surface area contributed by atoms with E-state index in [1.54, 1.807) is 0 Å². The normalized spacial score (nSPS) is 12.5. The Morgan fingerprint density at radius 3 is 2.47 bits per heavy atom. The monoisotopic (exact) mass is 496 g/mol. The SMILES string of the molecule is CSCCC(NC(=O)c1ccc(Cl)cc1Cl)C(=O)OCC(=O)NC(C)c1ccccc1C. The predicted molar refractivity (Wildman–Crippen MR) is 129 cm³/mol. The molecule has 2 aromatic carbocycles. The lowest BCUT2D eigenvalue weighted by molar-refractivity contribution is -0.150. The first-order chi connectivity index (χ1) is 15.2. The topological polar surface area (TPSA) is 84.5 Å². The molecule has 2 aromatic rings. The molecule has 2 N–H and O–H groups in total. The molecule has 0 saturated heterocycles. The molecule has 6 nitrogen and oxygen atoms in total. The first kappa shape index (κ1) is 26.0. The summed E-state index contributed by atoms with van der Waals surface area (Å²) in [7, 11) is 0.